The van der Waals surface area contributed by atoms with Crippen LogP contribution in [0.1, 0.15) is 18.3 Å². The second kappa shape index (κ2) is 4.32. The predicted molar refractivity (Wildman–Crippen MR) is 66.1 cm³/mol. The molecule has 104 valence electrons. The minimum Gasteiger partial charge on any atom is -0.494 e. The van der Waals surface area contributed by atoms with E-state index in [2.05, 4.69) is 4.98 Å². The van der Waals surface area contributed by atoms with Crippen molar-refractivity contribution in [3.05, 3.63) is 17.5 Å². The zero-order valence-electron chi connectivity index (χ0n) is 10.8. The Bertz CT molecular complexity index is 631. The first-order valence-corrected chi connectivity index (χ1v) is 5.71. The summed E-state index contributed by atoms with van der Waals surface area (Å²) >= 11 is 0. The van der Waals surface area contributed by atoms with Crippen LogP contribution in [0.3, 0.4) is 0 Å². The van der Waals surface area contributed by atoms with Crippen LogP contribution in [0, 0.1) is 6.92 Å². The second-order valence-electron chi connectivity index (χ2n) is 4.14. The summed E-state index contributed by atoms with van der Waals surface area (Å²) in [6.45, 7) is 4.17. The molecule has 2 N–H and O–H groups in total. The number of anilines is 1. The van der Waals surface area contributed by atoms with E-state index >= 15 is 0 Å². The Morgan fingerprint density at radius 2 is 2.05 bits per heavy atom. The summed E-state index contributed by atoms with van der Waals surface area (Å²) in [6.07, 6.45) is -4.53. The summed E-state index contributed by atoms with van der Waals surface area (Å²) in [6, 6.07) is 0.976. The van der Waals surface area contributed by atoms with E-state index in [4.69, 9.17) is 10.5 Å². The number of nitrogens with zero attached hydrogens (tertiary/aromatic N) is 2. The van der Waals surface area contributed by atoms with E-state index in [-0.39, 0.29) is 17.0 Å². The number of nitrogen functional groups attached to an aromatic ring is 1. The number of rotatable bonds is 2. The number of aryl methyl sites for hydroxylation is 2. The van der Waals surface area contributed by atoms with Crippen LogP contribution in [0.25, 0.3) is 11.0 Å². The molecule has 7 heteroatoms. The first-order valence-electron chi connectivity index (χ1n) is 5.71. The van der Waals surface area contributed by atoms with Crippen LogP contribution < -0.4 is 10.5 Å². The average Bonchev–Trinajstić information content (AvgIpc) is 2.63. The number of nitrogens with two attached hydrogens (primary N) is 1. The van der Waals surface area contributed by atoms with Crippen molar-refractivity contribution in [2.45, 2.75) is 26.6 Å². The van der Waals surface area contributed by atoms with Gasteiger partial charge in [-0.15, -0.1) is 0 Å². The standard InChI is InChI=1S/C12H14F3N3O/c1-4-18-6(2)17-8-5-7(12(13,14)15)11(19-3)9(16)10(8)18/h5H,4,16H2,1-3H3. The van der Waals surface area contributed by atoms with Crippen molar-refractivity contribution in [3.8, 4) is 5.75 Å². The van der Waals surface area contributed by atoms with Gasteiger partial charge in [0.25, 0.3) is 0 Å². The molecule has 19 heavy (non-hydrogen) atoms. The molecule has 0 radical (unpaired) electrons. The van der Waals surface area contributed by atoms with E-state index in [9.17, 15) is 13.2 Å². The quantitative estimate of drug-likeness (QED) is 0.856. The molecule has 0 amide bonds. The molecular weight excluding hydrogens is 259 g/mol. The maximum atomic E-state index is 13.0. The highest BCUT2D eigenvalue weighted by molar-refractivity contribution is 5.93. The van der Waals surface area contributed by atoms with Crippen LogP contribution in [0.5, 0.6) is 5.75 Å². The number of methoxy groups -OCH3 is 1. The van der Waals surface area contributed by atoms with Gasteiger partial charge in [0, 0.05) is 6.54 Å². The topological polar surface area (TPSA) is 53.1 Å². The highest BCUT2D eigenvalue weighted by Gasteiger charge is 2.36. The minimum absolute atomic E-state index is 0.0326. The zero-order chi connectivity index (χ0) is 14.4. The maximum absolute atomic E-state index is 13.0. The summed E-state index contributed by atoms with van der Waals surface area (Å²) in [5, 5.41) is 0. The highest BCUT2D eigenvalue weighted by atomic mass is 19.4. The molecule has 0 fully saturated rings. The average molecular weight is 273 g/mol. The Kier molecular flexibility index (Phi) is 3.07. The number of hydrogen-bond donors (Lipinski definition) is 1. The van der Waals surface area contributed by atoms with Gasteiger partial charge in [-0.3, -0.25) is 0 Å². The molecule has 0 unspecified atom stereocenters. The molecule has 0 atom stereocenters. The van der Waals surface area contributed by atoms with Crippen molar-refractivity contribution in [3.63, 3.8) is 0 Å². The van der Waals surface area contributed by atoms with Crippen LogP contribution >= 0.6 is 0 Å². The van der Waals surface area contributed by atoms with Crippen molar-refractivity contribution in [2.24, 2.45) is 0 Å². The van der Waals surface area contributed by atoms with Gasteiger partial charge in [-0.25, -0.2) is 4.98 Å². The monoisotopic (exact) mass is 273 g/mol. The molecule has 0 saturated carbocycles. The summed E-state index contributed by atoms with van der Waals surface area (Å²) < 4.78 is 45.5. The molecule has 4 nitrogen and oxygen atoms in total. The fourth-order valence-electron chi connectivity index (χ4n) is 2.24. The molecule has 0 aliphatic rings. The van der Waals surface area contributed by atoms with Crippen molar-refractivity contribution < 1.29 is 17.9 Å². The normalized spacial score (nSPS) is 12.1. The molecule has 0 spiro atoms. The number of imidazole rings is 1. The van der Waals surface area contributed by atoms with Crippen molar-refractivity contribution in [1.82, 2.24) is 9.55 Å². The smallest absolute Gasteiger partial charge is 0.420 e. The largest absolute Gasteiger partial charge is 0.494 e. The lowest BCUT2D eigenvalue weighted by atomic mass is 10.1. The van der Waals surface area contributed by atoms with Gasteiger partial charge >= 0.3 is 6.18 Å². The van der Waals surface area contributed by atoms with Gasteiger partial charge in [-0.1, -0.05) is 0 Å². The number of halogens is 3. The van der Waals surface area contributed by atoms with Crippen molar-refractivity contribution >= 4 is 16.7 Å². The summed E-state index contributed by atoms with van der Waals surface area (Å²) in [5.41, 5.74) is 5.60. The third-order valence-electron chi connectivity index (χ3n) is 3.04. The van der Waals surface area contributed by atoms with Gasteiger partial charge in [0.05, 0.1) is 18.1 Å². The molecule has 0 bridgehead atoms. The molecule has 1 aromatic heterocycles. The Hall–Kier alpha value is -1.92. The number of hydrogen-bond acceptors (Lipinski definition) is 3. The summed E-state index contributed by atoms with van der Waals surface area (Å²) in [5.74, 6) is 0.264. The fourth-order valence-corrected chi connectivity index (χ4v) is 2.24. The van der Waals surface area contributed by atoms with E-state index in [1.807, 2.05) is 6.92 Å². The van der Waals surface area contributed by atoms with E-state index in [0.717, 1.165) is 6.07 Å². The van der Waals surface area contributed by atoms with Gasteiger partial charge < -0.3 is 15.0 Å². The first-order chi connectivity index (χ1) is 8.81. The van der Waals surface area contributed by atoms with Crippen LogP contribution in [0.2, 0.25) is 0 Å². The molecule has 2 rings (SSSR count). The molecule has 2 aromatic rings. The molecule has 1 heterocycles. The lowest BCUT2D eigenvalue weighted by Gasteiger charge is -2.15. The fraction of sp³-hybridized carbons (Fsp3) is 0.417. The zero-order valence-corrected chi connectivity index (χ0v) is 10.8. The lowest BCUT2D eigenvalue weighted by Crippen LogP contribution is -2.10. The van der Waals surface area contributed by atoms with Crippen LogP contribution in [0.4, 0.5) is 18.9 Å². The van der Waals surface area contributed by atoms with Gasteiger partial charge in [-0.2, -0.15) is 13.2 Å². The Labute approximate surface area is 108 Å². The first kappa shape index (κ1) is 13.5. The maximum Gasteiger partial charge on any atom is 0.420 e. The van der Waals surface area contributed by atoms with Crippen molar-refractivity contribution in [1.29, 1.82) is 0 Å². The predicted octanol–water partition coefficient (Wildman–Crippen LogP) is 2.97. The highest BCUT2D eigenvalue weighted by Crippen LogP contribution is 2.43. The van der Waals surface area contributed by atoms with E-state index in [1.54, 1.807) is 11.5 Å². The van der Waals surface area contributed by atoms with E-state index < -0.39 is 11.7 Å². The molecule has 0 aliphatic heterocycles. The lowest BCUT2D eigenvalue weighted by molar-refractivity contribution is -0.138. The Balaban J connectivity index is 2.90. The summed E-state index contributed by atoms with van der Waals surface area (Å²) in [7, 11) is 1.17. The van der Waals surface area contributed by atoms with Crippen LogP contribution in [-0.2, 0) is 12.7 Å². The number of ether oxygens (including phenoxy) is 1. The molecule has 0 aliphatic carbocycles. The number of alkyl halides is 3. The SMILES string of the molecule is CCn1c(C)nc2cc(C(F)(F)F)c(OC)c(N)c21. The van der Waals surface area contributed by atoms with Gasteiger partial charge in [0.1, 0.15) is 17.1 Å². The Morgan fingerprint density at radius 1 is 1.42 bits per heavy atom. The number of aromatic nitrogens is 2. The van der Waals surface area contributed by atoms with E-state index in [0.29, 0.717) is 17.9 Å². The minimum atomic E-state index is -4.53. The van der Waals surface area contributed by atoms with Gasteiger partial charge in [0.2, 0.25) is 0 Å². The number of fused-ring (bicyclic) bond motifs is 1. The van der Waals surface area contributed by atoms with Gasteiger partial charge in [0.15, 0.2) is 5.75 Å². The van der Waals surface area contributed by atoms with Crippen LogP contribution in [0.15, 0.2) is 6.07 Å². The Morgan fingerprint density at radius 3 is 2.53 bits per heavy atom. The van der Waals surface area contributed by atoms with E-state index in [1.165, 1.54) is 7.11 Å². The molecular formula is C12H14F3N3O. The third kappa shape index (κ3) is 1.98. The van der Waals surface area contributed by atoms with Gasteiger partial charge in [-0.05, 0) is 19.9 Å². The molecule has 0 saturated heterocycles. The molecule has 1 aromatic carbocycles. The number of benzene rings is 1. The third-order valence-corrected chi connectivity index (χ3v) is 3.04. The summed E-state index contributed by atoms with van der Waals surface area (Å²) in [4.78, 5) is 4.12. The second-order valence-corrected chi connectivity index (χ2v) is 4.14. The van der Waals surface area contributed by atoms with Crippen molar-refractivity contribution in [2.75, 3.05) is 12.8 Å². The van der Waals surface area contributed by atoms with Crippen LogP contribution in [-0.4, -0.2) is 16.7 Å².